The van der Waals surface area contributed by atoms with Gasteiger partial charge in [-0.05, 0) is 39.8 Å². The maximum atomic E-state index is 13.6. The van der Waals surface area contributed by atoms with Crippen LogP contribution in [0.2, 0.25) is 0 Å². The largest absolute Gasteiger partial charge is 0.378 e. The summed E-state index contributed by atoms with van der Waals surface area (Å²) in [6, 6.07) is 4.13. The molecule has 1 aromatic carbocycles. The molecular weight excluding hydrogens is 260 g/mol. The van der Waals surface area contributed by atoms with Crippen molar-refractivity contribution in [2.75, 3.05) is 5.32 Å². The Morgan fingerprint density at radius 3 is 2.30 bits per heavy atom. The van der Waals surface area contributed by atoms with Gasteiger partial charge in [0.15, 0.2) is 0 Å². The first-order chi connectivity index (χ1) is 9.41. The van der Waals surface area contributed by atoms with Gasteiger partial charge in [-0.3, -0.25) is 4.68 Å². The predicted molar refractivity (Wildman–Crippen MR) is 75.8 cm³/mol. The van der Waals surface area contributed by atoms with Gasteiger partial charge in [0.1, 0.15) is 11.6 Å². The van der Waals surface area contributed by atoms with Crippen LogP contribution in [-0.2, 0) is 6.54 Å². The van der Waals surface area contributed by atoms with E-state index in [0.717, 1.165) is 17.1 Å². The van der Waals surface area contributed by atoms with Crippen LogP contribution in [0.25, 0.3) is 0 Å². The summed E-state index contributed by atoms with van der Waals surface area (Å²) in [7, 11) is 0. The summed E-state index contributed by atoms with van der Waals surface area (Å²) in [5.74, 6) is -1.08. The summed E-state index contributed by atoms with van der Waals surface area (Å²) in [5.41, 5.74) is 2.67. The average molecular weight is 279 g/mol. The lowest BCUT2D eigenvalue weighted by molar-refractivity contribution is 0.516. The fraction of sp³-hybridized carbons (Fsp3) is 0.400. The quantitative estimate of drug-likeness (QED) is 0.917. The number of nitrogens with one attached hydrogen (secondary N) is 1. The van der Waals surface area contributed by atoms with Crippen molar-refractivity contribution >= 4 is 5.69 Å². The topological polar surface area (TPSA) is 29.9 Å². The monoisotopic (exact) mass is 279 g/mol. The first kappa shape index (κ1) is 14.5. The fourth-order valence-electron chi connectivity index (χ4n) is 2.30. The molecule has 0 bridgehead atoms. The number of anilines is 1. The lowest BCUT2D eigenvalue weighted by atomic mass is 10.2. The Hall–Kier alpha value is -1.91. The van der Waals surface area contributed by atoms with Crippen LogP contribution >= 0.6 is 0 Å². The molecule has 0 aliphatic heterocycles. The number of hydrogen-bond donors (Lipinski definition) is 1. The maximum Gasteiger partial charge on any atom is 0.131 e. The maximum absolute atomic E-state index is 13.6. The second kappa shape index (κ2) is 5.61. The first-order valence-electron chi connectivity index (χ1n) is 6.64. The average Bonchev–Trinajstić information content (AvgIpc) is 2.65. The minimum absolute atomic E-state index is 0.0450. The summed E-state index contributed by atoms with van der Waals surface area (Å²) in [6.45, 7) is 8.01. The molecule has 108 valence electrons. The van der Waals surface area contributed by atoms with E-state index >= 15 is 0 Å². The molecule has 3 nitrogen and oxygen atoms in total. The SMILES string of the molecule is Cc1nn(C(C)C)c(C)c1NCc1c(F)cccc1F. The molecule has 0 spiro atoms. The lowest BCUT2D eigenvalue weighted by Gasteiger charge is -2.11. The third kappa shape index (κ3) is 2.66. The van der Waals surface area contributed by atoms with Crippen molar-refractivity contribution in [3.05, 3.63) is 46.8 Å². The van der Waals surface area contributed by atoms with E-state index < -0.39 is 11.6 Å². The van der Waals surface area contributed by atoms with Crippen LogP contribution in [0.3, 0.4) is 0 Å². The Bertz CT molecular complexity index is 598. The first-order valence-corrected chi connectivity index (χ1v) is 6.64. The van der Waals surface area contributed by atoms with E-state index in [0.29, 0.717) is 0 Å². The molecular formula is C15H19F2N3. The second-order valence-corrected chi connectivity index (χ2v) is 5.14. The molecule has 20 heavy (non-hydrogen) atoms. The number of aryl methyl sites for hydroxylation is 1. The van der Waals surface area contributed by atoms with Crippen LogP contribution in [0.5, 0.6) is 0 Å². The zero-order chi connectivity index (χ0) is 14.9. The highest BCUT2D eigenvalue weighted by Gasteiger charge is 2.14. The van der Waals surface area contributed by atoms with Crippen LogP contribution in [0, 0.1) is 25.5 Å². The fourth-order valence-corrected chi connectivity index (χ4v) is 2.30. The summed E-state index contributed by atoms with van der Waals surface area (Å²) in [4.78, 5) is 0. The Morgan fingerprint density at radius 1 is 1.20 bits per heavy atom. The zero-order valence-electron chi connectivity index (χ0n) is 12.2. The van der Waals surface area contributed by atoms with Crippen LogP contribution in [0.15, 0.2) is 18.2 Å². The van der Waals surface area contributed by atoms with Gasteiger partial charge in [-0.2, -0.15) is 5.10 Å². The summed E-state index contributed by atoms with van der Waals surface area (Å²) >= 11 is 0. The third-order valence-electron chi connectivity index (χ3n) is 3.32. The lowest BCUT2D eigenvalue weighted by Crippen LogP contribution is -2.07. The second-order valence-electron chi connectivity index (χ2n) is 5.14. The van der Waals surface area contributed by atoms with E-state index in [2.05, 4.69) is 10.4 Å². The molecule has 0 unspecified atom stereocenters. The van der Waals surface area contributed by atoms with Crippen LogP contribution < -0.4 is 5.32 Å². The molecule has 2 aromatic rings. The van der Waals surface area contributed by atoms with Crippen molar-refractivity contribution in [2.45, 2.75) is 40.3 Å². The molecule has 2 rings (SSSR count). The Morgan fingerprint density at radius 2 is 1.80 bits per heavy atom. The number of aromatic nitrogens is 2. The van der Waals surface area contributed by atoms with Crippen molar-refractivity contribution in [3.63, 3.8) is 0 Å². The van der Waals surface area contributed by atoms with E-state index in [1.165, 1.54) is 18.2 Å². The Kier molecular flexibility index (Phi) is 4.06. The Labute approximate surface area is 117 Å². The van der Waals surface area contributed by atoms with Crippen LogP contribution in [-0.4, -0.2) is 9.78 Å². The van der Waals surface area contributed by atoms with Crippen molar-refractivity contribution in [1.29, 1.82) is 0 Å². The third-order valence-corrected chi connectivity index (χ3v) is 3.32. The summed E-state index contributed by atoms with van der Waals surface area (Å²) in [6.07, 6.45) is 0. The van der Waals surface area contributed by atoms with Gasteiger partial charge in [0, 0.05) is 18.2 Å². The molecule has 1 N–H and O–H groups in total. The molecule has 0 aliphatic carbocycles. The van der Waals surface area contributed by atoms with E-state index in [1.54, 1.807) is 0 Å². The number of benzene rings is 1. The van der Waals surface area contributed by atoms with E-state index in [1.807, 2.05) is 32.4 Å². The molecule has 0 fully saturated rings. The van der Waals surface area contributed by atoms with E-state index in [9.17, 15) is 8.78 Å². The molecule has 0 atom stereocenters. The van der Waals surface area contributed by atoms with Gasteiger partial charge in [-0.25, -0.2) is 8.78 Å². The standard InChI is InChI=1S/C15H19F2N3/c1-9(2)20-11(4)15(10(3)19-20)18-8-12-13(16)6-5-7-14(12)17/h5-7,9,18H,8H2,1-4H3. The van der Waals surface area contributed by atoms with Crippen molar-refractivity contribution in [2.24, 2.45) is 0 Å². The van der Waals surface area contributed by atoms with Crippen LogP contribution in [0.4, 0.5) is 14.5 Å². The highest BCUT2D eigenvalue weighted by atomic mass is 19.1. The number of halogens is 2. The Balaban J connectivity index is 2.24. The van der Waals surface area contributed by atoms with E-state index in [4.69, 9.17) is 0 Å². The summed E-state index contributed by atoms with van der Waals surface area (Å²) < 4.78 is 29.1. The predicted octanol–water partition coefficient (Wildman–Crippen LogP) is 3.97. The van der Waals surface area contributed by atoms with Gasteiger partial charge in [-0.15, -0.1) is 0 Å². The molecule has 5 heteroatoms. The van der Waals surface area contributed by atoms with Gasteiger partial charge in [0.05, 0.1) is 17.1 Å². The highest BCUT2D eigenvalue weighted by molar-refractivity contribution is 5.52. The van der Waals surface area contributed by atoms with Gasteiger partial charge in [0.25, 0.3) is 0 Å². The van der Waals surface area contributed by atoms with Gasteiger partial charge in [0.2, 0.25) is 0 Å². The minimum atomic E-state index is -0.538. The molecule has 0 aliphatic rings. The smallest absolute Gasteiger partial charge is 0.131 e. The van der Waals surface area contributed by atoms with Gasteiger partial charge < -0.3 is 5.32 Å². The number of rotatable bonds is 4. The van der Waals surface area contributed by atoms with Gasteiger partial charge >= 0.3 is 0 Å². The van der Waals surface area contributed by atoms with Crippen LogP contribution in [0.1, 0.15) is 36.8 Å². The molecule has 1 aromatic heterocycles. The number of nitrogens with zero attached hydrogens (tertiary/aromatic N) is 2. The molecule has 0 saturated carbocycles. The zero-order valence-corrected chi connectivity index (χ0v) is 12.2. The van der Waals surface area contributed by atoms with Crippen molar-refractivity contribution in [3.8, 4) is 0 Å². The van der Waals surface area contributed by atoms with Crippen molar-refractivity contribution in [1.82, 2.24) is 9.78 Å². The van der Waals surface area contributed by atoms with E-state index in [-0.39, 0.29) is 18.2 Å². The van der Waals surface area contributed by atoms with Crippen molar-refractivity contribution < 1.29 is 8.78 Å². The molecule has 0 saturated heterocycles. The normalized spacial score (nSPS) is 11.2. The molecule has 0 amide bonds. The highest BCUT2D eigenvalue weighted by Crippen LogP contribution is 2.23. The minimum Gasteiger partial charge on any atom is -0.378 e. The number of hydrogen-bond acceptors (Lipinski definition) is 2. The molecule has 1 heterocycles. The molecule has 0 radical (unpaired) electrons. The van der Waals surface area contributed by atoms with Gasteiger partial charge in [-0.1, -0.05) is 6.07 Å². The summed E-state index contributed by atoms with van der Waals surface area (Å²) in [5, 5.41) is 7.52.